The summed E-state index contributed by atoms with van der Waals surface area (Å²) in [6.07, 6.45) is 4.34. The van der Waals surface area contributed by atoms with Crippen molar-refractivity contribution in [2.24, 2.45) is 5.10 Å². The Kier molecular flexibility index (Phi) is 6.08. The number of hydrogen-bond acceptors (Lipinski definition) is 4. The van der Waals surface area contributed by atoms with Crippen LogP contribution in [0.15, 0.2) is 72.1 Å². The zero-order chi connectivity index (χ0) is 19.9. The highest BCUT2D eigenvalue weighted by molar-refractivity contribution is 6.31. The first-order valence-corrected chi connectivity index (χ1v) is 8.50. The molecule has 2 N–H and O–H groups in total. The maximum absolute atomic E-state index is 12.9. The van der Waals surface area contributed by atoms with Crippen LogP contribution in [0.2, 0.25) is 5.02 Å². The van der Waals surface area contributed by atoms with E-state index in [-0.39, 0.29) is 17.1 Å². The number of carbonyl (C=O) groups is 2. The smallest absolute Gasteiger partial charge is 0.273 e. The summed E-state index contributed by atoms with van der Waals surface area (Å²) in [5, 5.41) is 6.83. The number of anilines is 1. The van der Waals surface area contributed by atoms with Crippen molar-refractivity contribution in [3.05, 3.63) is 94.5 Å². The Morgan fingerprint density at radius 2 is 1.86 bits per heavy atom. The van der Waals surface area contributed by atoms with Gasteiger partial charge < -0.3 is 5.32 Å². The molecule has 0 fully saturated rings. The first-order chi connectivity index (χ1) is 13.5. The highest BCUT2D eigenvalue weighted by Gasteiger charge is 2.15. The molecule has 0 spiro atoms. The molecule has 0 atom stereocenters. The molecule has 0 radical (unpaired) electrons. The summed E-state index contributed by atoms with van der Waals surface area (Å²) in [5.74, 6) is -1.35. The van der Waals surface area contributed by atoms with Gasteiger partial charge >= 0.3 is 0 Å². The minimum atomic E-state index is -0.567. The lowest BCUT2D eigenvalue weighted by atomic mass is 10.1. The van der Waals surface area contributed by atoms with Gasteiger partial charge in [0.25, 0.3) is 11.8 Å². The molecule has 0 saturated carbocycles. The fourth-order valence-electron chi connectivity index (χ4n) is 2.28. The maximum Gasteiger partial charge on any atom is 0.273 e. The van der Waals surface area contributed by atoms with Crippen molar-refractivity contribution < 1.29 is 14.0 Å². The van der Waals surface area contributed by atoms with Gasteiger partial charge in [0, 0.05) is 17.4 Å². The van der Waals surface area contributed by atoms with E-state index in [1.807, 2.05) is 0 Å². The zero-order valence-electron chi connectivity index (χ0n) is 14.4. The number of amides is 2. The van der Waals surface area contributed by atoms with Crippen molar-refractivity contribution >= 4 is 35.3 Å². The molecule has 8 heteroatoms. The van der Waals surface area contributed by atoms with Crippen LogP contribution in [0.25, 0.3) is 0 Å². The van der Waals surface area contributed by atoms with E-state index in [0.29, 0.717) is 16.1 Å². The maximum atomic E-state index is 12.9. The first kappa shape index (κ1) is 19.2. The molecule has 0 aliphatic rings. The number of pyridine rings is 1. The quantitative estimate of drug-likeness (QED) is 0.507. The SMILES string of the molecule is O=C(Nc1ccc(Cl)cc1C(=O)NN=Cc1ccc(F)cc1)c1cccnc1. The third-order valence-corrected chi connectivity index (χ3v) is 3.88. The third kappa shape index (κ3) is 4.99. The molecule has 3 aromatic rings. The van der Waals surface area contributed by atoms with Crippen LogP contribution in [0.1, 0.15) is 26.3 Å². The van der Waals surface area contributed by atoms with Crippen molar-refractivity contribution in [1.82, 2.24) is 10.4 Å². The number of rotatable bonds is 5. The van der Waals surface area contributed by atoms with E-state index >= 15 is 0 Å². The highest BCUT2D eigenvalue weighted by Crippen LogP contribution is 2.21. The molecule has 6 nitrogen and oxygen atoms in total. The average Bonchev–Trinajstić information content (AvgIpc) is 2.71. The molecule has 0 aliphatic heterocycles. The van der Waals surface area contributed by atoms with E-state index in [1.54, 1.807) is 24.4 Å². The topological polar surface area (TPSA) is 83.5 Å². The Morgan fingerprint density at radius 1 is 1.07 bits per heavy atom. The van der Waals surface area contributed by atoms with E-state index in [1.165, 1.54) is 48.8 Å². The van der Waals surface area contributed by atoms with Crippen LogP contribution in [-0.2, 0) is 0 Å². The van der Waals surface area contributed by atoms with Gasteiger partial charge in [-0.25, -0.2) is 9.82 Å². The van der Waals surface area contributed by atoms with Crippen molar-refractivity contribution in [1.29, 1.82) is 0 Å². The normalized spacial score (nSPS) is 10.6. The minimum absolute atomic E-state index is 0.140. The van der Waals surface area contributed by atoms with Gasteiger partial charge in [-0.1, -0.05) is 23.7 Å². The number of hydrogen-bond donors (Lipinski definition) is 2. The highest BCUT2D eigenvalue weighted by atomic mass is 35.5. The van der Waals surface area contributed by atoms with Crippen molar-refractivity contribution in [3.8, 4) is 0 Å². The largest absolute Gasteiger partial charge is 0.321 e. The number of benzene rings is 2. The van der Waals surface area contributed by atoms with Gasteiger partial charge in [-0.2, -0.15) is 5.10 Å². The van der Waals surface area contributed by atoms with Gasteiger partial charge in [-0.3, -0.25) is 14.6 Å². The van der Waals surface area contributed by atoms with Crippen LogP contribution in [-0.4, -0.2) is 23.0 Å². The molecule has 2 aromatic carbocycles. The first-order valence-electron chi connectivity index (χ1n) is 8.13. The molecular formula is C20H14ClFN4O2. The molecule has 1 aromatic heterocycles. The van der Waals surface area contributed by atoms with E-state index in [9.17, 15) is 14.0 Å². The summed E-state index contributed by atoms with van der Waals surface area (Å²) < 4.78 is 12.9. The third-order valence-electron chi connectivity index (χ3n) is 3.65. The predicted octanol–water partition coefficient (Wildman–Crippen LogP) is 3.89. The number of nitrogens with zero attached hydrogens (tertiary/aromatic N) is 2. The molecule has 0 saturated heterocycles. The summed E-state index contributed by atoms with van der Waals surface area (Å²) in [6, 6.07) is 13.3. The molecule has 0 bridgehead atoms. The second-order valence-corrected chi connectivity index (χ2v) is 6.07. The van der Waals surface area contributed by atoms with E-state index in [4.69, 9.17) is 11.6 Å². The summed E-state index contributed by atoms with van der Waals surface area (Å²) in [5.41, 5.74) is 3.72. The Labute approximate surface area is 165 Å². The Hall–Kier alpha value is -3.58. The molecule has 2 amide bonds. The van der Waals surface area contributed by atoms with Crippen LogP contribution in [0.3, 0.4) is 0 Å². The number of nitrogens with one attached hydrogen (secondary N) is 2. The van der Waals surface area contributed by atoms with Crippen LogP contribution >= 0.6 is 11.6 Å². The fourth-order valence-corrected chi connectivity index (χ4v) is 2.45. The standard InChI is InChI=1S/C20H14ClFN4O2/c21-15-5-8-18(25-19(27)14-2-1-9-23-12-14)17(10-15)20(28)26-24-11-13-3-6-16(22)7-4-13/h1-12H,(H,25,27)(H,26,28). The van der Waals surface area contributed by atoms with Crippen molar-refractivity contribution in [2.45, 2.75) is 0 Å². The van der Waals surface area contributed by atoms with Crippen LogP contribution in [0.5, 0.6) is 0 Å². The van der Waals surface area contributed by atoms with Gasteiger partial charge in [0.15, 0.2) is 0 Å². The molecule has 0 unspecified atom stereocenters. The van der Waals surface area contributed by atoms with Gasteiger partial charge in [0.1, 0.15) is 5.82 Å². The molecule has 28 heavy (non-hydrogen) atoms. The number of hydrazone groups is 1. The predicted molar refractivity (Wildman–Crippen MR) is 105 cm³/mol. The van der Waals surface area contributed by atoms with Crippen LogP contribution in [0, 0.1) is 5.82 Å². The minimum Gasteiger partial charge on any atom is -0.321 e. The van der Waals surface area contributed by atoms with Crippen molar-refractivity contribution in [3.63, 3.8) is 0 Å². The Balaban J connectivity index is 1.75. The van der Waals surface area contributed by atoms with Crippen LogP contribution in [0.4, 0.5) is 10.1 Å². The fraction of sp³-hybridized carbons (Fsp3) is 0. The second-order valence-electron chi connectivity index (χ2n) is 5.64. The number of carbonyl (C=O) groups excluding carboxylic acids is 2. The van der Waals surface area contributed by atoms with Gasteiger partial charge in [-0.15, -0.1) is 0 Å². The second kappa shape index (κ2) is 8.88. The zero-order valence-corrected chi connectivity index (χ0v) is 15.2. The molecule has 0 aliphatic carbocycles. The van der Waals surface area contributed by atoms with E-state index in [2.05, 4.69) is 20.8 Å². The Bertz CT molecular complexity index is 1020. The molecular weight excluding hydrogens is 383 g/mol. The van der Waals surface area contributed by atoms with Gasteiger partial charge in [0.05, 0.1) is 23.0 Å². The summed E-state index contributed by atoms with van der Waals surface area (Å²) in [6.45, 7) is 0. The number of halogens is 2. The average molecular weight is 397 g/mol. The Morgan fingerprint density at radius 3 is 2.57 bits per heavy atom. The molecule has 140 valence electrons. The molecule has 3 rings (SSSR count). The lowest BCUT2D eigenvalue weighted by Crippen LogP contribution is -2.21. The van der Waals surface area contributed by atoms with Gasteiger partial charge in [0.2, 0.25) is 0 Å². The van der Waals surface area contributed by atoms with Gasteiger partial charge in [-0.05, 0) is 48.0 Å². The van der Waals surface area contributed by atoms with E-state index in [0.717, 1.165) is 0 Å². The van der Waals surface area contributed by atoms with E-state index < -0.39 is 11.8 Å². The lowest BCUT2D eigenvalue weighted by molar-refractivity contribution is 0.0956. The van der Waals surface area contributed by atoms with Crippen LogP contribution < -0.4 is 10.7 Å². The monoisotopic (exact) mass is 396 g/mol. The lowest BCUT2D eigenvalue weighted by Gasteiger charge is -2.10. The summed E-state index contributed by atoms with van der Waals surface area (Å²) >= 11 is 5.98. The summed E-state index contributed by atoms with van der Waals surface area (Å²) in [4.78, 5) is 28.7. The molecule has 1 heterocycles. The van der Waals surface area contributed by atoms with Crippen molar-refractivity contribution in [2.75, 3.05) is 5.32 Å². The summed E-state index contributed by atoms with van der Waals surface area (Å²) in [7, 11) is 0. The number of aromatic nitrogens is 1.